The Hall–Kier alpha value is -3.41. The van der Waals surface area contributed by atoms with Crippen LogP contribution in [0.5, 0.6) is 0 Å². The minimum Gasteiger partial charge on any atom is -0.353 e. The van der Waals surface area contributed by atoms with Crippen molar-refractivity contribution in [2.75, 3.05) is 36.4 Å². The molecule has 1 aromatic heterocycles. The average molecular weight is 444 g/mol. The lowest BCUT2D eigenvalue weighted by molar-refractivity contribution is 0.208. The molecule has 0 bridgehead atoms. The van der Waals surface area contributed by atoms with Gasteiger partial charge in [0.1, 0.15) is 5.82 Å². The summed E-state index contributed by atoms with van der Waals surface area (Å²) in [5.41, 5.74) is 6.39. The van der Waals surface area contributed by atoms with Crippen LogP contribution in [0.2, 0.25) is 0 Å². The van der Waals surface area contributed by atoms with Gasteiger partial charge in [-0.3, -0.25) is 0 Å². The third kappa shape index (κ3) is 5.16. The van der Waals surface area contributed by atoms with Crippen LogP contribution >= 0.6 is 0 Å². The average Bonchev–Trinajstić information content (AvgIpc) is 2.78. The largest absolute Gasteiger partial charge is 0.353 e. The van der Waals surface area contributed by atoms with E-state index in [1.807, 2.05) is 42.2 Å². The van der Waals surface area contributed by atoms with Crippen LogP contribution in [-0.4, -0.2) is 47.1 Å². The smallest absolute Gasteiger partial charge is 0.321 e. The van der Waals surface area contributed by atoms with Crippen LogP contribution in [-0.2, 0) is 0 Å². The molecule has 6 nitrogen and oxygen atoms in total. The van der Waals surface area contributed by atoms with Gasteiger partial charge in [0.25, 0.3) is 0 Å². The zero-order valence-electron chi connectivity index (χ0n) is 20.2. The lowest BCUT2D eigenvalue weighted by atomic mass is 10.0. The highest BCUT2D eigenvalue weighted by Crippen LogP contribution is 2.31. The Balaban J connectivity index is 1.54. The van der Waals surface area contributed by atoms with Gasteiger partial charge in [0.2, 0.25) is 0 Å². The van der Waals surface area contributed by atoms with Crippen molar-refractivity contribution < 1.29 is 4.79 Å². The number of amides is 2. The molecule has 6 heteroatoms. The van der Waals surface area contributed by atoms with Crippen LogP contribution in [0.4, 0.5) is 16.3 Å². The predicted octanol–water partition coefficient (Wildman–Crippen LogP) is 5.55. The number of nitrogens with one attached hydrogen (secondary N) is 1. The van der Waals surface area contributed by atoms with E-state index < -0.39 is 0 Å². The Labute approximate surface area is 196 Å². The number of aromatic nitrogens is 2. The SMILES string of the molecule is Cc1cccc(NC(=O)N2CCN(c3nc(-c4cccc(C)c4)nc(C)c3C(C)C)CC2)c1. The number of rotatable bonds is 4. The second kappa shape index (κ2) is 9.61. The number of hydrogen-bond acceptors (Lipinski definition) is 4. The number of nitrogens with zero attached hydrogens (tertiary/aromatic N) is 4. The Kier molecular flexibility index (Phi) is 6.63. The van der Waals surface area contributed by atoms with E-state index in [0.717, 1.165) is 47.2 Å². The number of urea groups is 1. The monoisotopic (exact) mass is 443 g/mol. The summed E-state index contributed by atoms with van der Waals surface area (Å²) in [6.45, 7) is 13.3. The number of carbonyl (C=O) groups excluding carboxylic acids is 1. The molecule has 172 valence electrons. The quantitative estimate of drug-likeness (QED) is 0.575. The second-order valence-corrected chi connectivity index (χ2v) is 9.17. The topological polar surface area (TPSA) is 61.4 Å². The highest BCUT2D eigenvalue weighted by molar-refractivity contribution is 5.89. The minimum atomic E-state index is -0.0522. The van der Waals surface area contributed by atoms with Gasteiger partial charge < -0.3 is 15.1 Å². The van der Waals surface area contributed by atoms with Gasteiger partial charge in [-0.2, -0.15) is 0 Å². The van der Waals surface area contributed by atoms with Crippen LogP contribution < -0.4 is 10.2 Å². The maximum Gasteiger partial charge on any atom is 0.321 e. The fourth-order valence-electron chi connectivity index (χ4n) is 4.44. The zero-order chi connectivity index (χ0) is 23.5. The molecule has 0 unspecified atom stereocenters. The maximum atomic E-state index is 12.8. The molecule has 3 aromatic rings. The van der Waals surface area contributed by atoms with E-state index in [-0.39, 0.29) is 6.03 Å². The van der Waals surface area contributed by atoms with Gasteiger partial charge in [-0.1, -0.05) is 49.7 Å². The first kappa shape index (κ1) is 22.8. The summed E-state index contributed by atoms with van der Waals surface area (Å²) in [5.74, 6) is 2.07. The number of hydrogen-bond donors (Lipinski definition) is 1. The standard InChI is InChI=1S/C27H33N5O/c1-18(2)24-21(5)28-25(22-10-6-8-19(3)16-22)30-26(24)31-12-14-32(15-13-31)27(33)29-23-11-7-9-20(4)17-23/h6-11,16-18H,12-15H2,1-5H3,(H,29,33). The van der Waals surface area contributed by atoms with E-state index in [1.54, 1.807) is 0 Å². The Morgan fingerprint density at radius 2 is 1.58 bits per heavy atom. The zero-order valence-corrected chi connectivity index (χ0v) is 20.2. The summed E-state index contributed by atoms with van der Waals surface area (Å²) in [5, 5.41) is 3.02. The molecule has 1 aliphatic rings. The number of piperazine rings is 1. The van der Waals surface area contributed by atoms with E-state index in [4.69, 9.17) is 9.97 Å². The molecule has 1 aliphatic heterocycles. The molecule has 0 spiro atoms. The van der Waals surface area contributed by atoms with Crippen LogP contribution in [0.1, 0.15) is 42.1 Å². The molecule has 2 heterocycles. The van der Waals surface area contributed by atoms with E-state index in [1.165, 1.54) is 11.1 Å². The summed E-state index contributed by atoms with van der Waals surface area (Å²) < 4.78 is 0. The Bertz CT molecular complexity index is 1150. The van der Waals surface area contributed by atoms with Crippen molar-refractivity contribution in [2.45, 2.75) is 40.5 Å². The summed E-state index contributed by atoms with van der Waals surface area (Å²) in [7, 11) is 0. The number of carbonyl (C=O) groups is 1. The van der Waals surface area contributed by atoms with E-state index >= 15 is 0 Å². The molecule has 0 radical (unpaired) electrons. The minimum absolute atomic E-state index is 0.0522. The highest BCUT2D eigenvalue weighted by atomic mass is 16.2. The summed E-state index contributed by atoms with van der Waals surface area (Å²) in [4.78, 5) is 26.9. The van der Waals surface area contributed by atoms with Crippen molar-refractivity contribution in [1.29, 1.82) is 0 Å². The van der Waals surface area contributed by atoms with Crippen molar-refractivity contribution in [3.8, 4) is 11.4 Å². The van der Waals surface area contributed by atoms with Gasteiger partial charge in [-0.25, -0.2) is 14.8 Å². The summed E-state index contributed by atoms with van der Waals surface area (Å²) in [6.07, 6.45) is 0. The van der Waals surface area contributed by atoms with Gasteiger partial charge in [0, 0.05) is 48.7 Å². The third-order valence-corrected chi connectivity index (χ3v) is 6.11. The molecule has 4 rings (SSSR count). The van der Waals surface area contributed by atoms with Gasteiger partial charge in [0.15, 0.2) is 5.82 Å². The van der Waals surface area contributed by atoms with E-state index in [0.29, 0.717) is 19.0 Å². The lowest BCUT2D eigenvalue weighted by Gasteiger charge is -2.37. The molecule has 1 saturated heterocycles. The van der Waals surface area contributed by atoms with Gasteiger partial charge in [-0.15, -0.1) is 0 Å². The second-order valence-electron chi connectivity index (χ2n) is 9.17. The van der Waals surface area contributed by atoms with Crippen LogP contribution in [0.25, 0.3) is 11.4 Å². The van der Waals surface area contributed by atoms with Crippen LogP contribution in [0.3, 0.4) is 0 Å². The van der Waals surface area contributed by atoms with E-state index in [9.17, 15) is 4.79 Å². The first-order chi connectivity index (χ1) is 15.8. The molecular formula is C27H33N5O. The number of benzene rings is 2. The Morgan fingerprint density at radius 1 is 0.909 bits per heavy atom. The maximum absolute atomic E-state index is 12.8. The molecule has 2 aromatic carbocycles. The van der Waals surface area contributed by atoms with Crippen molar-refractivity contribution in [3.63, 3.8) is 0 Å². The van der Waals surface area contributed by atoms with Gasteiger partial charge >= 0.3 is 6.03 Å². The van der Waals surface area contributed by atoms with Gasteiger partial charge in [0.05, 0.1) is 0 Å². The van der Waals surface area contributed by atoms with Crippen LogP contribution in [0, 0.1) is 20.8 Å². The molecule has 2 amide bonds. The van der Waals surface area contributed by atoms with Crippen molar-refractivity contribution in [2.24, 2.45) is 0 Å². The fourth-order valence-corrected chi connectivity index (χ4v) is 4.44. The molecule has 1 fully saturated rings. The summed E-state index contributed by atoms with van der Waals surface area (Å²) >= 11 is 0. The number of aryl methyl sites for hydroxylation is 3. The highest BCUT2D eigenvalue weighted by Gasteiger charge is 2.26. The van der Waals surface area contributed by atoms with E-state index in [2.05, 4.69) is 56.1 Å². The van der Waals surface area contributed by atoms with Crippen LogP contribution in [0.15, 0.2) is 48.5 Å². The molecule has 33 heavy (non-hydrogen) atoms. The lowest BCUT2D eigenvalue weighted by Crippen LogP contribution is -2.50. The first-order valence-corrected chi connectivity index (χ1v) is 11.6. The normalized spacial score (nSPS) is 14.0. The van der Waals surface area contributed by atoms with Gasteiger partial charge in [-0.05, 0) is 50.5 Å². The summed E-state index contributed by atoms with van der Waals surface area (Å²) in [6, 6.07) is 16.2. The van der Waals surface area contributed by atoms with Crippen molar-refractivity contribution in [3.05, 3.63) is 70.9 Å². The van der Waals surface area contributed by atoms with Crippen molar-refractivity contribution in [1.82, 2.24) is 14.9 Å². The molecule has 1 N–H and O–H groups in total. The molecular weight excluding hydrogens is 410 g/mol. The molecule has 0 saturated carbocycles. The fraction of sp³-hybridized carbons (Fsp3) is 0.370. The molecule has 0 aliphatic carbocycles. The predicted molar refractivity (Wildman–Crippen MR) is 135 cm³/mol. The molecule has 0 atom stereocenters. The first-order valence-electron chi connectivity index (χ1n) is 11.6. The Morgan fingerprint density at radius 3 is 2.21 bits per heavy atom. The third-order valence-electron chi connectivity index (χ3n) is 6.11. The number of anilines is 2. The van der Waals surface area contributed by atoms with Crippen molar-refractivity contribution >= 4 is 17.5 Å².